The summed E-state index contributed by atoms with van der Waals surface area (Å²) in [5, 5.41) is 13.2. The molecule has 1 saturated heterocycles. The summed E-state index contributed by atoms with van der Waals surface area (Å²) in [5.41, 5.74) is 0. The van der Waals surface area contributed by atoms with Gasteiger partial charge in [0, 0.05) is 19.6 Å². The highest BCUT2D eigenvalue weighted by Gasteiger charge is 2.24. The minimum Gasteiger partial charge on any atom is -0.392 e. The zero-order valence-corrected chi connectivity index (χ0v) is 12.1. The average molecular weight is 268 g/mol. The number of carbonyl (C=O) groups is 1. The van der Waals surface area contributed by atoms with Gasteiger partial charge in [0.2, 0.25) is 5.91 Å². The summed E-state index contributed by atoms with van der Waals surface area (Å²) in [5.74, 6) is 0.881. The van der Waals surface area contributed by atoms with Crippen LogP contribution in [-0.2, 0) is 4.79 Å². The summed E-state index contributed by atoms with van der Waals surface area (Å²) < 4.78 is 0. The first-order valence-electron chi connectivity index (χ1n) is 7.87. The van der Waals surface area contributed by atoms with Crippen molar-refractivity contribution < 1.29 is 9.90 Å². The molecule has 0 bridgehead atoms. The summed E-state index contributed by atoms with van der Waals surface area (Å²) in [4.78, 5) is 14.0. The third kappa shape index (κ3) is 4.46. The van der Waals surface area contributed by atoms with E-state index in [1.54, 1.807) is 0 Å². The number of aliphatic hydroxyl groups excluding tert-OH is 1. The molecule has 2 rings (SSSR count). The van der Waals surface area contributed by atoms with Gasteiger partial charge in [0.15, 0.2) is 0 Å². The molecule has 1 aliphatic carbocycles. The molecule has 2 N–H and O–H groups in total. The SMILES string of the molecule is CC(NCC(O)CC1CCCC1)C(=O)N1CCCC1. The lowest BCUT2D eigenvalue weighted by atomic mass is 10.00. The number of hydrogen-bond acceptors (Lipinski definition) is 3. The minimum atomic E-state index is -0.308. The maximum atomic E-state index is 12.1. The fourth-order valence-corrected chi connectivity index (χ4v) is 3.33. The third-order valence-electron chi connectivity index (χ3n) is 4.53. The monoisotopic (exact) mass is 268 g/mol. The van der Waals surface area contributed by atoms with Crippen LogP contribution < -0.4 is 5.32 Å². The van der Waals surface area contributed by atoms with Gasteiger partial charge >= 0.3 is 0 Å². The Labute approximate surface area is 116 Å². The highest BCUT2D eigenvalue weighted by atomic mass is 16.3. The van der Waals surface area contributed by atoms with E-state index in [2.05, 4.69) is 5.32 Å². The lowest BCUT2D eigenvalue weighted by Crippen LogP contribution is -2.46. The summed E-state index contributed by atoms with van der Waals surface area (Å²) in [6, 6.07) is -0.170. The predicted molar refractivity (Wildman–Crippen MR) is 75.9 cm³/mol. The highest BCUT2D eigenvalue weighted by Crippen LogP contribution is 2.28. The van der Waals surface area contributed by atoms with E-state index in [4.69, 9.17) is 0 Å². The standard InChI is InChI=1S/C15H28N2O2/c1-12(15(19)17-8-4-5-9-17)16-11-14(18)10-13-6-2-3-7-13/h12-14,16,18H,2-11H2,1H3. The van der Waals surface area contributed by atoms with Crippen molar-refractivity contribution in [1.82, 2.24) is 10.2 Å². The number of amides is 1. The molecule has 0 aromatic rings. The van der Waals surface area contributed by atoms with Crippen molar-refractivity contribution >= 4 is 5.91 Å². The molecule has 1 saturated carbocycles. The first-order valence-corrected chi connectivity index (χ1v) is 7.87. The van der Waals surface area contributed by atoms with E-state index in [-0.39, 0.29) is 18.1 Å². The Balaban J connectivity index is 1.64. The molecule has 1 heterocycles. The molecule has 1 aliphatic heterocycles. The zero-order valence-electron chi connectivity index (χ0n) is 12.1. The Morgan fingerprint density at radius 3 is 2.53 bits per heavy atom. The third-order valence-corrected chi connectivity index (χ3v) is 4.53. The van der Waals surface area contributed by atoms with E-state index in [9.17, 15) is 9.90 Å². The normalized spacial score (nSPS) is 23.8. The molecule has 2 aliphatic rings. The maximum absolute atomic E-state index is 12.1. The summed E-state index contributed by atoms with van der Waals surface area (Å²) in [6.07, 6.45) is 7.99. The largest absolute Gasteiger partial charge is 0.392 e. The molecule has 0 radical (unpaired) electrons. The molecule has 2 atom stereocenters. The van der Waals surface area contributed by atoms with E-state index >= 15 is 0 Å². The van der Waals surface area contributed by atoms with E-state index in [0.29, 0.717) is 12.5 Å². The number of nitrogens with one attached hydrogen (secondary N) is 1. The second-order valence-corrected chi connectivity index (χ2v) is 6.20. The van der Waals surface area contributed by atoms with Crippen molar-refractivity contribution in [1.29, 1.82) is 0 Å². The number of aliphatic hydroxyl groups is 1. The van der Waals surface area contributed by atoms with E-state index in [1.165, 1.54) is 25.7 Å². The zero-order chi connectivity index (χ0) is 13.7. The van der Waals surface area contributed by atoms with Crippen molar-refractivity contribution in [2.75, 3.05) is 19.6 Å². The van der Waals surface area contributed by atoms with Crippen LogP contribution in [0.5, 0.6) is 0 Å². The minimum absolute atomic E-state index is 0.170. The maximum Gasteiger partial charge on any atom is 0.239 e. The second kappa shape index (κ2) is 7.25. The second-order valence-electron chi connectivity index (χ2n) is 6.20. The molecule has 2 unspecified atom stereocenters. The van der Waals surface area contributed by atoms with Crippen LogP contribution in [0.1, 0.15) is 51.9 Å². The highest BCUT2D eigenvalue weighted by molar-refractivity contribution is 5.81. The summed E-state index contributed by atoms with van der Waals surface area (Å²) >= 11 is 0. The van der Waals surface area contributed by atoms with Gasteiger partial charge in [0.1, 0.15) is 0 Å². The van der Waals surface area contributed by atoms with Gasteiger partial charge in [-0.1, -0.05) is 25.7 Å². The Morgan fingerprint density at radius 2 is 1.89 bits per heavy atom. The molecular formula is C15H28N2O2. The van der Waals surface area contributed by atoms with Crippen molar-refractivity contribution in [2.24, 2.45) is 5.92 Å². The van der Waals surface area contributed by atoms with Crippen LogP contribution in [-0.4, -0.2) is 47.7 Å². The Hall–Kier alpha value is -0.610. The van der Waals surface area contributed by atoms with Gasteiger partial charge in [-0.3, -0.25) is 4.79 Å². The first kappa shape index (κ1) is 14.8. The van der Waals surface area contributed by atoms with Gasteiger partial charge in [-0.2, -0.15) is 0 Å². The molecule has 1 amide bonds. The summed E-state index contributed by atoms with van der Waals surface area (Å²) in [7, 11) is 0. The van der Waals surface area contributed by atoms with Gasteiger partial charge in [-0.15, -0.1) is 0 Å². The number of nitrogens with zero attached hydrogens (tertiary/aromatic N) is 1. The Kier molecular flexibility index (Phi) is 5.64. The Bertz CT molecular complexity index is 284. The molecule has 4 heteroatoms. The van der Waals surface area contributed by atoms with Crippen LogP contribution in [0.25, 0.3) is 0 Å². The van der Waals surface area contributed by atoms with Crippen molar-refractivity contribution in [3.63, 3.8) is 0 Å². The quantitative estimate of drug-likeness (QED) is 0.768. The Morgan fingerprint density at radius 1 is 1.26 bits per heavy atom. The predicted octanol–water partition coefficient (Wildman–Crippen LogP) is 1.53. The van der Waals surface area contributed by atoms with Crippen molar-refractivity contribution in [3.8, 4) is 0 Å². The number of carbonyl (C=O) groups excluding carboxylic acids is 1. The van der Waals surface area contributed by atoms with Gasteiger partial charge in [-0.05, 0) is 32.1 Å². The average Bonchev–Trinajstić information content (AvgIpc) is 3.07. The van der Waals surface area contributed by atoms with Gasteiger partial charge < -0.3 is 15.3 Å². The molecule has 19 heavy (non-hydrogen) atoms. The van der Waals surface area contributed by atoms with Gasteiger partial charge in [0.05, 0.1) is 12.1 Å². The molecule has 0 aromatic carbocycles. The van der Waals surface area contributed by atoms with Gasteiger partial charge in [-0.25, -0.2) is 0 Å². The fraction of sp³-hybridized carbons (Fsp3) is 0.933. The summed E-state index contributed by atoms with van der Waals surface area (Å²) in [6.45, 7) is 4.24. The lowest BCUT2D eigenvalue weighted by molar-refractivity contribution is -0.132. The van der Waals surface area contributed by atoms with Crippen molar-refractivity contribution in [3.05, 3.63) is 0 Å². The lowest BCUT2D eigenvalue weighted by Gasteiger charge is -2.23. The van der Waals surface area contributed by atoms with Crippen LogP contribution in [0.15, 0.2) is 0 Å². The van der Waals surface area contributed by atoms with Crippen LogP contribution in [0.3, 0.4) is 0 Å². The van der Waals surface area contributed by atoms with E-state index in [0.717, 1.165) is 32.4 Å². The molecule has 110 valence electrons. The fourth-order valence-electron chi connectivity index (χ4n) is 3.33. The molecule has 2 fully saturated rings. The number of likely N-dealkylation sites (tertiary alicyclic amines) is 1. The van der Waals surface area contributed by atoms with E-state index in [1.807, 2.05) is 11.8 Å². The van der Waals surface area contributed by atoms with E-state index < -0.39 is 0 Å². The van der Waals surface area contributed by atoms with Crippen molar-refractivity contribution in [2.45, 2.75) is 64.0 Å². The van der Waals surface area contributed by atoms with Crippen LogP contribution in [0.2, 0.25) is 0 Å². The number of hydrogen-bond donors (Lipinski definition) is 2. The number of rotatable bonds is 6. The smallest absolute Gasteiger partial charge is 0.239 e. The van der Waals surface area contributed by atoms with Crippen LogP contribution in [0.4, 0.5) is 0 Å². The van der Waals surface area contributed by atoms with Gasteiger partial charge in [0.25, 0.3) is 0 Å². The topological polar surface area (TPSA) is 52.6 Å². The molecule has 0 aromatic heterocycles. The first-order chi connectivity index (χ1) is 9.16. The van der Waals surface area contributed by atoms with Crippen LogP contribution >= 0.6 is 0 Å². The molecule has 0 spiro atoms. The molecular weight excluding hydrogens is 240 g/mol. The van der Waals surface area contributed by atoms with Crippen LogP contribution in [0, 0.1) is 5.92 Å². The molecule has 4 nitrogen and oxygen atoms in total.